The third kappa shape index (κ3) is 5.98. The average molecular weight is 493 g/mol. The molecule has 0 fully saturated rings. The van der Waals surface area contributed by atoms with Crippen molar-refractivity contribution >= 4 is 17.5 Å². The first-order valence-corrected chi connectivity index (χ1v) is 11.6. The Morgan fingerprint density at radius 3 is 2.30 bits per heavy atom. The summed E-state index contributed by atoms with van der Waals surface area (Å²) in [5.74, 6) is 1.65. The molecule has 0 aliphatic rings. The molecule has 9 nitrogen and oxygen atoms in total. The summed E-state index contributed by atoms with van der Waals surface area (Å²) in [6.45, 7) is 0.566. The number of aromatic nitrogens is 3. The number of urea groups is 1. The lowest BCUT2D eigenvalue weighted by Gasteiger charge is -2.13. The van der Waals surface area contributed by atoms with Gasteiger partial charge in [0.2, 0.25) is 0 Å². The minimum absolute atomic E-state index is 0.267. The molecule has 2 heterocycles. The van der Waals surface area contributed by atoms with Gasteiger partial charge in [0.25, 0.3) is 0 Å². The zero-order chi connectivity index (χ0) is 25.5. The van der Waals surface area contributed by atoms with Crippen LogP contribution in [0.3, 0.4) is 0 Å². The van der Waals surface area contributed by atoms with Crippen LogP contribution in [0.1, 0.15) is 11.3 Å². The van der Waals surface area contributed by atoms with Crippen LogP contribution in [0.2, 0.25) is 0 Å². The van der Waals surface area contributed by atoms with Gasteiger partial charge in [0.15, 0.2) is 11.6 Å². The molecule has 2 aromatic heterocycles. The second-order valence-electron chi connectivity index (χ2n) is 8.10. The highest BCUT2D eigenvalue weighted by Crippen LogP contribution is 2.24. The number of carbonyl (C=O) groups excluding carboxylic acids is 1. The van der Waals surface area contributed by atoms with E-state index in [2.05, 4.69) is 26.0 Å². The highest BCUT2D eigenvalue weighted by Gasteiger charge is 2.10. The molecule has 0 radical (unpaired) electrons. The number of nitrogens with zero attached hydrogens (tertiary/aromatic N) is 3. The van der Waals surface area contributed by atoms with Crippen molar-refractivity contribution in [2.45, 2.75) is 13.2 Å². The molecule has 0 unspecified atom stereocenters. The number of anilines is 2. The molecule has 0 aliphatic carbocycles. The van der Waals surface area contributed by atoms with Crippen molar-refractivity contribution in [1.82, 2.24) is 15.4 Å². The lowest BCUT2D eigenvalue weighted by Crippen LogP contribution is -2.21. The summed E-state index contributed by atoms with van der Waals surface area (Å²) in [6.07, 6.45) is 0. The SMILES string of the molecule is NCc1cc(-c2ccc(OCc3ccccc3NC(=O)Nc3ccc(-c4ccccc4)nn3)cc2)no1. The molecular formula is C28H24N6O3. The molecule has 9 heteroatoms. The Kier molecular flexibility index (Phi) is 7.14. The fraction of sp³-hybridized carbons (Fsp3) is 0.0714. The predicted octanol–water partition coefficient (Wildman–Crippen LogP) is 5.48. The van der Waals surface area contributed by atoms with Crippen molar-refractivity contribution in [3.05, 3.63) is 108 Å². The molecule has 0 atom stereocenters. The van der Waals surface area contributed by atoms with E-state index in [1.54, 1.807) is 6.07 Å². The average Bonchev–Trinajstić information content (AvgIpc) is 3.43. The normalized spacial score (nSPS) is 10.6. The van der Waals surface area contributed by atoms with Crippen LogP contribution in [0.15, 0.2) is 102 Å². The third-order valence-corrected chi connectivity index (χ3v) is 5.55. The molecule has 3 aromatic carbocycles. The number of hydrogen-bond donors (Lipinski definition) is 3. The number of rotatable bonds is 8. The predicted molar refractivity (Wildman–Crippen MR) is 141 cm³/mol. The van der Waals surface area contributed by atoms with Gasteiger partial charge in [0.1, 0.15) is 18.1 Å². The van der Waals surface area contributed by atoms with E-state index in [9.17, 15) is 4.79 Å². The quantitative estimate of drug-likeness (QED) is 0.262. The van der Waals surface area contributed by atoms with Crippen molar-refractivity contribution in [3.8, 4) is 28.3 Å². The Labute approximate surface area is 213 Å². The summed E-state index contributed by atoms with van der Waals surface area (Å²) in [4.78, 5) is 12.6. The van der Waals surface area contributed by atoms with Crippen LogP contribution in [0.25, 0.3) is 22.5 Å². The fourth-order valence-corrected chi connectivity index (χ4v) is 3.63. The van der Waals surface area contributed by atoms with Crippen LogP contribution >= 0.6 is 0 Å². The molecule has 4 N–H and O–H groups in total. The van der Waals surface area contributed by atoms with E-state index in [-0.39, 0.29) is 6.61 Å². The van der Waals surface area contributed by atoms with Gasteiger partial charge in [0, 0.05) is 28.4 Å². The van der Waals surface area contributed by atoms with Crippen LogP contribution < -0.4 is 21.1 Å². The number of nitrogens with one attached hydrogen (secondary N) is 2. The van der Waals surface area contributed by atoms with Crippen molar-refractivity contribution in [2.24, 2.45) is 5.73 Å². The van der Waals surface area contributed by atoms with E-state index < -0.39 is 6.03 Å². The number of para-hydroxylation sites is 1. The lowest BCUT2D eigenvalue weighted by molar-refractivity contribution is 0.262. The summed E-state index contributed by atoms with van der Waals surface area (Å²) in [5, 5.41) is 17.9. The van der Waals surface area contributed by atoms with Gasteiger partial charge in [-0.05, 0) is 42.5 Å². The van der Waals surface area contributed by atoms with Gasteiger partial charge in [-0.1, -0.05) is 53.7 Å². The molecule has 37 heavy (non-hydrogen) atoms. The monoisotopic (exact) mass is 492 g/mol. The molecule has 5 aromatic rings. The Bertz CT molecular complexity index is 1470. The van der Waals surface area contributed by atoms with Gasteiger partial charge in [-0.2, -0.15) is 0 Å². The van der Waals surface area contributed by atoms with E-state index in [0.717, 1.165) is 22.4 Å². The zero-order valence-electron chi connectivity index (χ0n) is 19.8. The summed E-state index contributed by atoms with van der Waals surface area (Å²) in [6, 6.07) is 29.5. The Morgan fingerprint density at radius 2 is 1.57 bits per heavy atom. The Balaban J connectivity index is 1.18. The van der Waals surface area contributed by atoms with E-state index in [0.29, 0.717) is 35.3 Å². The van der Waals surface area contributed by atoms with Crippen molar-refractivity contribution < 1.29 is 14.1 Å². The smallest absolute Gasteiger partial charge is 0.324 e. The summed E-state index contributed by atoms with van der Waals surface area (Å²) < 4.78 is 11.1. The largest absolute Gasteiger partial charge is 0.489 e. The van der Waals surface area contributed by atoms with Crippen LogP contribution in [0.4, 0.5) is 16.3 Å². The van der Waals surface area contributed by atoms with E-state index >= 15 is 0 Å². The molecular weight excluding hydrogens is 468 g/mol. The van der Waals surface area contributed by atoms with E-state index in [1.165, 1.54) is 0 Å². The first kappa shape index (κ1) is 23.7. The van der Waals surface area contributed by atoms with Gasteiger partial charge >= 0.3 is 6.03 Å². The molecule has 2 amide bonds. The number of hydrogen-bond acceptors (Lipinski definition) is 7. The van der Waals surface area contributed by atoms with Gasteiger partial charge < -0.3 is 20.3 Å². The number of benzene rings is 3. The van der Waals surface area contributed by atoms with Gasteiger partial charge in [-0.3, -0.25) is 5.32 Å². The molecule has 0 saturated heterocycles. The van der Waals surface area contributed by atoms with Gasteiger partial charge in [0.05, 0.1) is 12.2 Å². The number of ether oxygens (including phenoxy) is 1. The maximum Gasteiger partial charge on any atom is 0.324 e. The highest BCUT2D eigenvalue weighted by molar-refractivity contribution is 5.99. The number of carbonyl (C=O) groups is 1. The molecule has 0 saturated carbocycles. The maximum absolute atomic E-state index is 12.6. The second-order valence-corrected chi connectivity index (χ2v) is 8.10. The second kappa shape index (κ2) is 11.1. The van der Waals surface area contributed by atoms with Crippen LogP contribution in [0, 0.1) is 0 Å². The maximum atomic E-state index is 12.6. The topological polar surface area (TPSA) is 128 Å². The summed E-state index contributed by atoms with van der Waals surface area (Å²) in [5.41, 5.74) is 10.3. The lowest BCUT2D eigenvalue weighted by atomic mass is 10.1. The van der Waals surface area contributed by atoms with Crippen LogP contribution in [0.5, 0.6) is 5.75 Å². The van der Waals surface area contributed by atoms with Crippen LogP contribution in [-0.4, -0.2) is 21.4 Å². The van der Waals surface area contributed by atoms with Crippen LogP contribution in [-0.2, 0) is 13.2 Å². The molecule has 184 valence electrons. The fourth-order valence-electron chi connectivity index (χ4n) is 3.63. The highest BCUT2D eigenvalue weighted by atomic mass is 16.5. The number of nitrogens with two attached hydrogens (primary N) is 1. The van der Waals surface area contributed by atoms with Gasteiger partial charge in [-0.15, -0.1) is 10.2 Å². The minimum Gasteiger partial charge on any atom is -0.489 e. The number of amides is 2. The standard InChI is InChI=1S/C28H24N6O3/c29-17-23-16-26(34-37-23)20-10-12-22(13-11-20)36-18-21-8-4-5-9-24(21)30-28(35)31-27-15-14-25(32-33-27)19-6-2-1-3-7-19/h1-16H,17-18,29H2,(H2,30,31,33,35). The van der Waals surface area contributed by atoms with Crippen molar-refractivity contribution in [2.75, 3.05) is 10.6 Å². The van der Waals surface area contributed by atoms with E-state index in [4.69, 9.17) is 15.0 Å². The summed E-state index contributed by atoms with van der Waals surface area (Å²) >= 11 is 0. The van der Waals surface area contributed by atoms with Crippen molar-refractivity contribution in [3.63, 3.8) is 0 Å². The first-order chi connectivity index (χ1) is 18.2. The first-order valence-electron chi connectivity index (χ1n) is 11.6. The van der Waals surface area contributed by atoms with E-state index in [1.807, 2.05) is 91.0 Å². The zero-order valence-corrected chi connectivity index (χ0v) is 19.8. The Hall–Kier alpha value is -5.02. The minimum atomic E-state index is -0.428. The molecule has 0 bridgehead atoms. The Morgan fingerprint density at radius 1 is 0.811 bits per heavy atom. The molecule has 0 spiro atoms. The molecule has 5 rings (SSSR count). The van der Waals surface area contributed by atoms with Gasteiger partial charge in [-0.25, -0.2) is 4.79 Å². The summed E-state index contributed by atoms with van der Waals surface area (Å²) in [7, 11) is 0. The molecule has 0 aliphatic heterocycles. The third-order valence-electron chi connectivity index (χ3n) is 5.55. The van der Waals surface area contributed by atoms with Crippen molar-refractivity contribution in [1.29, 1.82) is 0 Å².